The summed E-state index contributed by atoms with van der Waals surface area (Å²) in [5.74, 6) is 0.355. The van der Waals surface area contributed by atoms with Crippen LogP contribution in [0, 0.1) is 5.82 Å². The molecule has 5 rings (SSSR count). The summed E-state index contributed by atoms with van der Waals surface area (Å²) in [6, 6.07) is 20.6. The second-order valence-corrected chi connectivity index (χ2v) is 9.88. The Hall–Kier alpha value is -4.18. The minimum absolute atomic E-state index is 0.0655. The summed E-state index contributed by atoms with van der Waals surface area (Å²) in [5.41, 5.74) is 3.24. The Balaban J connectivity index is 1.35. The number of carbonyl (C=O) groups is 2. The van der Waals surface area contributed by atoms with Gasteiger partial charge in [-0.15, -0.1) is 0 Å². The molecule has 3 aromatic carbocycles. The highest BCUT2D eigenvalue weighted by molar-refractivity contribution is 8.15. The smallest absolute Gasteiger partial charge is 0.262 e. The molecule has 2 atom stereocenters. The van der Waals surface area contributed by atoms with E-state index in [4.69, 9.17) is 14.6 Å². The maximum absolute atomic E-state index is 13.2. The summed E-state index contributed by atoms with van der Waals surface area (Å²) in [4.78, 5) is 29.6. The van der Waals surface area contributed by atoms with Gasteiger partial charge in [-0.1, -0.05) is 23.9 Å². The fraction of sp³-hybridized carbons (Fsp3) is 0.214. The lowest BCUT2D eigenvalue weighted by Crippen LogP contribution is -2.25. The number of nitrogens with one attached hydrogen (secondary N) is 1. The Morgan fingerprint density at radius 1 is 1.00 bits per heavy atom. The standard InChI is InChI=1S/C28H25FN4O4S/c1-36-21-11-3-17(4-12-21)23-15-24(18-5-13-22(37-2)14-6-18)33(32-23)28-31-27(35)25(38-28)16-26(34)30-20-9-7-19(29)8-10-20/h3-14,24-25H,15-16H2,1-2H3,(H,30,34)/t24-,25+/m1/s1. The topological polar surface area (TPSA) is 92.6 Å². The van der Waals surface area contributed by atoms with Crippen LogP contribution >= 0.6 is 11.8 Å². The van der Waals surface area contributed by atoms with Crippen molar-refractivity contribution < 1.29 is 23.5 Å². The first-order chi connectivity index (χ1) is 18.4. The summed E-state index contributed by atoms with van der Waals surface area (Å²) in [7, 11) is 3.23. The zero-order valence-electron chi connectivity index (χ0n) is 20.8. The van der Waals surface area contributed by atoms with Crippen molar-refractivity contribution in [2.45, 2.75) is 24.1 Å². The van der Waals surface area contributed by atoms with Crippen molar-refractivity contribution in [1.82, 2.24) is 5.01 Å². The van der Waals surface area contributed by atoms with E-state index >= 15 is 0 Å². The average molecular weight is 533 g/mol. The third-order valence-corrected chi connectivity index (χ3v) is 7.40. The van der Waals surface area contributed by atoms with Crippen LogP contribution < -0.4 is 14.8 Å². The second kappa shape index (κ2) is 11.1. The minimum atomic E-state index is -0.679. The van der Waals surface area contributed by atoms with Crippen molar-refractivity contribution in [3.05, 3.63) is 89.7 Å². The molecule has 0 bridgehead atoms. The van der Waals surface area contributed by atoms with Gasteiger partial charge in [-0.2, -0.15) is 10.1 Å². The lowest BCUT2D eigenvalue weighted by atomic mass is 9.98. The largest absolute Gasteiger partial charge is 0.497 e. The van der Waals surface area contributed by atoms with Gasteiger partial charge >= 0.3 is 0 Å². The van der Waals surface area contributed by atoms with E-state index in [9.17, 15) is 14.0 Å². The van der Waals surface area contributed by atoms with E-state index in [0.29, 0.717) is 17.3 Å². The molecule has 0 aliphatic carbocycles. The Morgan fingerprint density at radius 3 is 2.26 bits per heavy atom. The molecule has 2 heterocycles. The van der Waals surface area contributed by atoms with Crippen molar-refractivity contribution in [3.8, 4) is 11.5 Å². The molecule has 0 fully saturated rings. The van der Waals surface area contributed by atoms with Gasteiger partial charge in [0.05, 0.1) is 26.0 Å². The van der Waals surface area contributed by atoms with Crippen LogP contribution in [0.25, 0.3) is 0 Å². The number of halogens is 1. The lowest BCUT2D eigenvalue weighted by Gasteiger charge is -2.23. The lowest BCUT2D eigenvalue weighted by molar-refractivity contribution is -0.121. The fourth-order valence-electron chi connectivity index (χ4n) is 4.25. The number of methoxy groups -OCH3 is 2. The molecule has 2 aliphatic heterocycles. The molecule has 0 saturated carbocycles. The maximum Gasteiger partial charge on any atom is 0.262 e. The number of rotatable bonds is 7. The first-order valence-electron chi connectivity index (χ1n) is 11.9. The molecule has 3 aromatic rings. The second-order valence-electron chi connectivity index (χ2n) is 8.71. The molecule has 1 N–H and O–H groups in total. The molecular formula is C28H25FN4O4S. The number of ether oxygens (including phenoxy) is 2. The van der Waals surface area contributed by atoms with Crippen LogP contribution in [-0.4, -0.2) is 47.2 Å². The third kappa shape index (κ3) is 5.55. The predicted molar refractivity (Wildman–Crippen MR) is 145 cm³/mol. The molecule has 2 aliphatic rings. The number of benzene rings is 3. The van der Waals surface area contributed by atoms with E-state index < -0.39 is 11.1 Å². The van der Waals surface area contributed by atoms with E-state index in [1.165, 1.54) is 36.0 Å². The molecule has 0 radical (unpaired) electrons. The molecule has 0 aromatic heterocycles. The molecule has 194 valence electrons. The number of aliphatic imine (C=N–C) groups is 1. The van der Waals surface area contributed by atoms with Gasteiger partial charge in [0.25, 0.3) is 5.91 Å². The highest BCUT2D eigenvalue weighted by atomic mass is 32.2. The monoisotopic (exact) mass is 532 g/mol. The molecule has 8 nitrogen and oxygen atoms in total. The number of carbonyl (C=O) groups excluding carboxylic acids is 2. The summed E-state index contributed by atoms with van der Waals surface area (Å²) in [6.07, 6.45) is 0.534. The Bertz CT molecular complexity index is 1390. The first kappa shape index (κ1) is 25.5. The molecule has 38 heavy (non-hydrogen) atoms. The Morgan fingerprint density at radius 2 is 1.63 bits per heavy atom. The predicted octanol–water partition coefficient (Wildman–Crippen LogP) is 5.02. The minimum Gasteiger partial charge on any atom is -0.497 e. The number of thioether (sulfide) groups is 1. The molecule has 10 heteroatoms. The average Bonchev–Trinajstić information content (AvgIpc) is 3.54. The molecular weight excluding hydrogens is 507 g/mol. The summed E-state index contributed by atoms with van der Waals surface area (Å²) < 4.78 is 23.7. The van der Waals surface area contributed by atoms with Crippen LogP contribution in [0.2, 0.25) is 0 Å². The number of hydrogen-bond donors (Lipinski definition) is 1. The van der Waals surface area contributed by atoms with Crippen LogP contribution in [-0.2, 0) is 9.59 Å². The van der Waals surface area contributed by atoms with Crippen molar-refractivity contribution in [1.29, 1.82) is 0 Å². The molecule has 2 amide bonds. The normalized spacial score (nSPS) is 18.7. The van der Waals surface area contributed by atoms with Crippen LogP contribution in [0.4, 0.5) is 10.1 Å². The van der Waals surface area contributed by atoms with Crippen LogP contribution in [0.1, 0.15) is 30.0 Å². The van der Waals surface area contributed by atoms with Crippen molar-refractivity contribution in [2.75, 3.05) is 19.5 Å². The van der Waals surface area contributed by atoms with E-state index in [2.05, 4.69) is 10.3 Å². The Labute approximate surface area is 223 Å². The van der Waals surface area contributed by atoms with E-state index in [1.807, 2.05) is 48.5 Å². The summed E-state index contributed by atoms with van der Waals surface area (Å²) in [5, 5.41) is 9.09. The highest BCUT2D eigenvalue weighted by Crippen LogP contribution is 2.39. The van der Waals surface area contributed by atoms with Crippen LogP contribution in [0.5, 0.6) is 11.5 Å². The van der Waals surface area contributed by atoms with Gasteiger partial charge in [0.1, 0.15) is 22.6 Å². The van der Waals surface area contributed by atoms with Gasteiger partial charge in [-0.05, 0) is 71.8 Å². The van der Waals surface area contributed by atoms with Gasteiger partial charge in [0, 0.05) is 18.5 Å². The maximum atomic E-state index is 13.2. The van der Waals surface area contributed by atoms with Gasteiger partial charge in [0.2, 0.25) is 5.91 Å². The van der Waals surface area contributed by atoms with Crippen molar-refractivity contribution in [3.63, 3.8) is 0 Å². The van der Waals surface area contributed by atoms with Crippen molar-refractivity contribution >= 4 is 40.1 Å². The summed E-state index contributed by atoms with van der Waals surface area (Å²) >= 11 is 1.22. The molecule has 0 unspecified atom stereocenters. The molecule has 0 saturated heterocycles. The van der Waals surface area contributed by atoms with Gasteiger partial charge in [-0.25, -0.2) is 9.40 Å². The number of anilines is 1. The number of hydrazone groups is 1. The van der Waals surface area contributed by atoms with Crippen LogP contribution in [0.3, 0.4) is 0 Å². The Kier molecular flexibility index (Phi) is 7.41. The first-order valence-corrected chi connectivity index (χ1v) is 12.8. The SMILES string of the molecule is COc1ccc(C2=NN(C3=NC(=O)[C@H](CC(=O)Nc4ccc(F)cc4)S3)[C@@H](c3ccc(OC)cc3)C2)cc1. The zero-order chi connectivity index (χ0) is 26.6. The number of hydrogen-bond acceptors (Lipinski definition) is 7. The van der Waals surface area contributed by atoms with Crippen LogP contribution in [0.15, 0.2) is 82.9 Å². The zero-order valence-corrected chi connectivity index (χ0v) is 21.6. The number of amidine groups is 1. The van der Waals surface area contributed by atoms with E-state index in [-0.39, 0.29) is 24.3 Å². The van der Waals surface area contributed by atoms with Gasteiger partial charge in [0.15, 0.2) is 5.17 Å². The number of nitrogens with zero attached hydrogens (tertiary/aromatic N) is 3. The van der Waals surface area contributed by atoms with Gasteiger partial charge < -0.3 is 14.8 Å². The van der Waals surface area contributed by atoms with E-state index in [1.54, 1.807) is 19.2 Å². The number of amides is 2. The van der Waals surface area contributed by atoms with Crippen molar-refractivity contribution in [2.24, 2.45) is 10.1 Å². The fourth-order valence-corrected chi connectivity index (χ4v) is 5.31. The third-order valence-electron chi connectivity index (χ3n) is 6.26. The molecule has 0 spiro atoms. The van der Waals surface area contributed by atoms with Gasteiger partial charge in [-0.3, -0.25) is 9.59 Å². The summed E-state index contributed by atoms with van der Waals surface area (Å²) in [6.45, 7) is 0. The van der Waals surface area contributed by atoms with E-state index in [0.717, 1.165) is 28.3 Å². The highest BCUT2D eigenvalue weighted by Gasteiger charge is 2.39. The quantitative estimate of drug-likeness (QED) is 0.459.